The van der Waals surface area contributed by atoms with E-state index in [0.29, 0.717) is 5.69 Å². The van der Waals surface area contributed by atoms with Crippen molar-refractivity contribution in [3.8, 4) is 10.6 Å². The Balaban J connectivity index is 2.41. The lowest BCUT2D eigenvalue weighted by Crippen LogP contribution is -2.03. The van der Waals surface area contributed by atoms with Crippen molar-refractivity contribution < 1.29 is 9.53 Å². The average molecular weight is 247 g/mol. The van der Waals surface area contributed by atoms with E-state index in [4.69, 9.17) is 4.74 Å². The molecule has 88 valence electrons. The largest absolute Gasteiger partial charge is 0.464 e. The molecule has 0 aliphatic rings. The smallest absolute Gasteiger partial charge is 0.357 e. The predicted octanol–water partition coefficient (Wildman–Crippen LogP) is 3.21. The Morgan fingerprint density at radius 3 is 2.47 bits per heavy atom. The number of nitrogens with zero attached hydrogens (tertiary/aromatic N) is 1. The van der Waals surface area contributed by atoms with Crippen molar-refractivity contribution >= 4 is 17.3 Å². The number of hydrogen-bond acceptors (Lipinski definition) is 4. The molecule has 0 fully saturated rings. The second kappa shape index (κ2) is 4.67. The molecule has 17 heavy (non-hydrogen) atoms. The highest BCUT2D eigenvalue weighted by Gasteiger charge is 2.16. The normalized spacial score (nSPS) is 10.3. The number of thiazole rings is 1. The van der Waals surface area contributed by atoms with Gasteiger partial charge >= 0.3 is 5.97 Å². The van der Waals surface area contributed by atoms with Gasteiger partial charge in [-0.2, -0.15) is 0 Å². The minimum Gasteiger partial charge on any atom is -0.464 e. The fourth-order valence-electron chi connectivity index (χ4n) is 1.50. The second-order valence-corrected chi connectivity index (χ2v) is 4.98. The number of aromatic nitrogens is 1. The van der Waals surface area contributed by atoms with E-state index in [0.717, 1.165) is 15.4 Å². The zero-order valence-corrected chi connectivity index (χ0v) is 10.8. The molecule has 0 saturated heterocycles. The maximum atomic E-state index is 11.5. The Hall–Kier alpha value is -1.68. The molecule has 2 aromatic rings. The maximum Gasteiger partial charge on any atom is 0.357 e. The quantitative estimate of drug-likeness (QED) is 0.765. The number of aryl methyl sites for hydroxylation is 2. The first-order chi connectivity index (χ1) is 8.11. The van der Waals surface area contributed by atoms with Gasteiger partial charge in [0.1, 0.15) is 5.01 Å². The van der Waals surface area contributed by atoms with Crippen LogP contribution < -0.4 is 0 Å². The van der Waals surface area contributed by atoms with Crippen LogP contribution in [0.5, 0.6) is 0 Å². The molecule has 4 heteroatoms. The van der Waals surface area contributed by atoms with Gasteiger partial charge in [0.25, 0.3) is 0 Å². The molecule has 0 atom stereocenters. The van der Waals surface area contributed by atoms with Crippen LogP contribution in [0, 0.1) is 13.8 Å². The van der Waals surface area contributed by atoms with E-state index in [2.05, 4.69) is 4.98 Å². The van der Waals surface area contributed by atoms with Crippen molar-refractivity contribution in [2.45, 2.75) is 13.8 Å². The molecule has 0 aliphatic heterocycles. The highest BCUT2D eigenvalue weighted by Crippen LogP contribution is 2.28. The van der Waals surface area contributed by atoms with Crippen LogP contribution in [0.2, 0.25) is 0 Å². The lowest BCUT2D eigenvalue weighted by Gasteiger charge is -1.96. The minimum absolute atomic E-state index is 0.378. The fourth-order valence-corrected chi connectivity index (χ4v) is 2.41. The highest BCUT2D eigenvalue weighted by molar-refractivity contribution is 7.15. The molecule has 1 aromatic heterocycles. The Morgan fingerprint density at radius 1 is 1.24 bits per heavy atom. The van der Waals surface area contributed by atoms with E-state index < -0.39 is 0 Å². The summed E-state index contributed by atoms with van der Waals surface area (Å²) in [6.45, 7) is 3.92. The van der Waals surface area contributed by atoms with Crippen molar-refractivity contribution in [1.82, 2.24) is 4.98 Å². The van der Waals surface area contributed by atoms with Crippen LogP contribution in [0.3, 0.4) is 0 Å². The summed E-state index contributed by atoms with van der Waals surface area (Å²) in [7, 11) is 1.37. The van der Waals surface area contributed by atoms with Crippen molar-refractivity contribution in [3.63, 3.8) is 0 Å². The summed E-state index contributed by atoms with van der Waals surface area (Å²) in [6, 6.07) is 8.08. The lowest BCUT2D eigenvalue weighted by atomic mass is 10.2. The molecule has 0 unspecified atom stereocenters. The zero-order valence-electron chi connectivity index (χ0n) is 9.98. The SMILES string of the molecule is COC(=O)c1nc(-c2ccc(C)cc2)sc1C. The number of carbonyl (C=O) groups is 1. The topological polar surface area (TPSA) is 39.2 Å². The van der Waals surface area contributed by atoms with Crippen molar-refractivity contribution in [3.05, 3.63) is 40.4 Å². The van der Waals surface area contributed by atoms with E-state index in [1.165, 1.54) is 24.0 Å². The molecule has 1 heterocycles. The first kappa shape index (κ1) is 11.8. The van der Waals surface area contributed by atoms with Crippen LogP contribution in [0.25, 0.3) is 10.6 Å². The van der Waals surface area contributed by atoms with Gasteiger partial charge in [0, 0.05) is 10.4 Å². The summed E-state index contributed by atoms with van der Waals surface area (Å²) in [5.74, 6) is -0.378. The van der Waals surface area contributed by atoms with Crippen LogP contribution >= 0.6 is 11.3 Å². The number of hydrogen-bond donors (Lipinski definition) is 0. The third-order valence-electron chi connectivity index (χ3n) is 2.47. The molecular weight excluding hydrogens is 234 g/mol. The van der Waals surface area contributed by atoms with Crippen LogP contribution in [0.15, 0.2) is 24.3 Å². The molecule has 0 bridgehead atoms. The van der Waals surface area contributed by atoms with E-state index in [1.54, 1.807) is 0 Å². The van der Waals surface area contributed by atoms with Crippen LogP contribution in [-0.2, 0) is 4.74 Å². The third kappa shape index (κ3) is 2.36. The van der Waals surface area contributed by atoms with E-state index >= 15 is 0 Å². The molecule has 0 radical (unpaired) electrons. The summed E-state index contributed by atoms with van der Waals surface area (Å²) in [5.41, 5.74) is 2.64. The summed E-state index contributed by atoms with van der Waals surface area (Å²) >= 11 is 1.51. The van der Waals surface area contributed by atoms with Gasteiger partial charge in [0.05, 0.1) is 7.11 Å². The Kier molecular flexibility index (Phi) is 3.24. The Morgan fingerprint density at radius 2 is 1.88 bits per heavy atom. The van der Waals surface area contributed by atoms with E-state index in [-0.39, 0.29) is 5.97 Å². The van der Waals surface area contributed by atoms with E-state index in [1.807, 2.05) is 38.1 Å². The average Bonchev–Trinajstić information content (AvgIpc) is 2.71. The van der Waals surface area contributed by atoms with Gasteiger partial charge in [0.15, 0.2) is 5.69 Å². The monoisotopic (exact) mass is 247 g/mol. The molecule has 2 rings (SSSR count). The molecule has 0 saturated carbocycles. The summed E-state index contributed by atoms with van der Waals surface area (Å²) in [4.78, 5) is 16.7. The number of carbonyl (C=O) groups excluding carboxylic acids is 1. The van der Waals surface area contributed by atoms with Gasteiger partial charge in [-0.15, -0.1) is 11.3 Å². The zero-order chi connectivity index (χ0) is 12.4. The molecule has 0 amide bonds. The molecule has 0 N–H and O–H groups in total. The Labute approximate surface area is 104 Å². The highest BCUT2D eigenvalue weighted by atomic mass is 32.1. The van der Waals surface area contributed by atoms with Crippen molar-refractivity contribution in [2.75, 3.05) is 7.11 Å². The van der Waals surface area contributed by atoms with Gasteiger partial charge < -0.3 is 4.74 Å². The van der Waals surface area contributed by atoms with Gasteiger partial charge in [0.2, 0.25) is 0 Å². The number of rotatable bonds is 2. The minimum atomic E-state index is -0.378. The maximum absolute atomic E-state index is 11.5. The fraction of sp³-hybridized carbons (Fsp3) is 0.231. The van der Waals surface area contributed by atoms with Crippen molar-refractivity contribution in [2.24, 2.45) is 0 Å². The van der Waals surface area contributed by atoms with Crippen LogP contribution in [0.1, 0.15) is 20.9 Å². The molecule has 0 aliphatic carbocycles. The first-order valence-corrected chi connectivity index (χ1v) is 6.06. The number of esters is 1. The van der Waals surface area contributed by atoms with Gasteiger partial charge in [-0.3, -0.25) is 0 Å². The van der Waals surface area contributed by atoms with Gasteiger partial charge in [-0.1, -0.05) is 29.8 Å². The summed E-state index contributed by atoms with van der Waals surface area (Å²) < 4.78 is 4.69. The van der Waals surface area contributed by atoms with Crippen molar-refractivity contribution in [1.29, 1.82) is 0 Å². The molecule has 3 nitrogen and oxygen atoms in total. The predicted molar refractivity (Wildman–Crippen MR) is 68.4 cm³/mol. The third-order valence-corrected chi connectivity index (χ3v) is 3.49. The first-order valence-electron chi connectivity index (χ1n) is 5.24. The summed E-state index contributed by atoms with van der Waals surface area (Å²) in [6.07, 6.45) is 0. The second-order valence-electron chi connectivity index (χ2n) is 3.78. The van der Waals surface area contributed by atoms with Crippen LogP contribution in [0.4, 0.5) is 0 Å². The number of ether oxygens (including phenoxy) is 1. The number of methoxy groups -OCH3 is 1. The standard InChI is InChI=1S/C13H13NO2S/c1-8-4-6-10(7-5-8)12-14-11(9(2)17-12)13(15)16-3/h4-7H,1-3H3. The lowest BCUT2D eigenvalue weighted by molar-refractivity contribution is 0.0594. The molecular formula is C13H13NO2S. The molecule has 1 aromatic carbocycles. The van der Waals surface area contributed by atoms with Gasteiger partial charge in [-0.05, 0) is 13.8 Å². The van der Waals surface area contributed by atoms with Crippen LogP contribution in [-0.4, -0.2) is 18.1 Å². The summed E-state index contributed by atoms with van der Waals surface area (Å²) in [5, 5.41) is 0.850. The van der Waals surface area contributed by atoms with Gasteiger partial charge in [-0.25, -0.2) is 9.78 Å². The Bertz CT molecular complexity index is 543. The molecule has 0 spiro atoms. The number of benzene rings is 1. The van der Waals surface area contributed by atoms with E-state index in [9.17, 15) is 4.79 Å².